The van der Waals surface area contributed by atoms with E-state index in [0.29, 0.717) is 29.9 Å². The first-order chi connectivity index (χ1) is 17.6. The number of Topliss-reactive ketones (excluding diaryl/α,β-unsaturated/α-hetero) is 1. The summed E-state index contributed by atoms with van der Waals surface area (Å²) in [6.07, 6.45) is 5.15. The van der Waals surface area contributed by atoms with Crippen molar-refractivity contribution >= 4 is 11.8 Å². The quantitative estimate of drug-likeness (QED) is 0.184. The molecule has 1 saturated heterocycles. The van der Waals surface area contributed by atoms with Gasteiger partial charge in [0.1, 0.15) is 11.7 Å². The van der Waals surface area contributed by atoms with E-state index < -0.39 is 5.60 Å². The fraction of sp³-hybridized carbons (Fsp3) is 0.548. The summed E-state index contributed by atoms with van der Waals surface area (Å²) in [5.74, 6) is 1.17. The van der Waals surface area contributed by atoms with Crippen molar-refractivity contribution in [2.75, 3.05) is 20.2 Å². The summed E-state index contributed by atoms with van der Waals surface area (Å²) in [6.45, 7) is 10.7. The minimum absolute atomic E-state index is 0.0755. The largest absolute Gasteiger partial charge is 0.493 e. The van der Waals surface area contributed by atoms with Crippen LogP contribution in [0.5, 0.6) is 11.5 Å². The number of carbonyl (C=O) groups is 2. The van der Waals surface area contributed by atoms with Crippen LogP contribution in [0.25, 0.3) is 0 Å². The van der Waals surface area contributed by atoms with Crippen LogP contribution >= 0.6 is 0 Å². The number of nitrogens with zero attached hydrogens (tertiary/aromatic N) is 1. The molecule has 3 rings (SSSR count). The number of methoxy groups -OCH3 is 1. The molecule has 1 aliphatic rings. The molecule has 0 atom stereocenters. The minimum Gasteiger partial charge on any atom is -0.493 e. The van der Waals surface area contributed by atoms with Crippen LogP contribution in [-0.4, -0.2) is 48.6 Å². The number of piperidine rings is 1. The third-order valence-corrected chi connectivity index (χ3v) is 6.55. The molecule has 202 valence electrons. The van der Waals surface area contributed by atoms with Crippen molar-refractivity contribution in [1.82, 2.24) is 4.90 Å². The summed E-state index contributed by atoms with van der Waals surface area (Å²) >= 11 is 0. The molecule has 6 nitrogen and oxygen atoms in total. The summed E-state index contributed by atoms with van der Waals surface area (Å²) in [5, 5.41) is 0. The lowest BCUT2D eigenvalue weighted by Crippen LogP contribution is -2.37. The van der Waals surface area contributed by atoms with Gasteiger partial charge in [-0.25, -0.2) is 0 Å². The number of likely N-dealkylation sites (tertiary alicyclic amines) is 1. The first-order valence-electron chi connectivity index (χ1n) is 13.5. The van der Waals surface area contributed by atoms with Crippen molar-refractivity contribution in [3.05, 3.63) is 59.2 Å². The Morgan fingerprint density at radius 3 is 2.24 bits per heavy atom. The van der Waals surface area contributed by atoms with Gasteiger partial charge in [0.05, 0.1) is 7.11 Å². The van der Waals surface area contributed by atoms with Crippen LogP contribution < -0.4 is 9.47 Å². The van der Waals surface area contributed by atoms with Gasteiger partial charge in [-0.05, 0) is 77.1 Å². The molecule has 0 saturated carbocycles. The Kier molecular flexibility index (Phi) is 10.6. The van der Waals surface area contributed by atoms with Gasteiger partial charge in [0.25, 0.3) is 0 Å². The fourth-order valence-corrected chi connectivity index (χ4v) is 4.52. The molecule has 2 aromatic rings. The fourth-order valence-electron chi connectivity index (χ4n) is 4.52. The number of hydrogen-bond donors (Lipinski definition) is 0. The number of esters is 1. The molecule has 2 aromatic carbocycles. The third kappa shape index (κ3) is 9.84. The van der Waals surface area contributed by atoms with Gasteiger partial charge >= 0.3 is 5.97 Å². The second kappa shape index (κ2) is 13.6. The molecular weight excluding hydrogens is 466 g/mol. The maximum Gasteiger partial charge on any atom is 0.306 e. The van der Waals surface area contributed by atoms with E-state index in [1.165, 1.54) is 11.1 Å². The Hall–Kier alpha value is -2.86. The first-order valence-corrected chi connectivity index (χ1v) is 13.5. The number of carbonyl (C=O) groups excluding carboxylic acids is 2. The number of aryl methyl sites for hydroxylation is 1. The zero-order valence-electron chi connectivity index (χ0n) is 23.2. The van der Waals surface area contributed by atoms with E-state index in [2.05, 4.69) is 36.1 Å². The van der Waals surface area contributed by atoms with Crippen LogP contribution in [0, 0.1) is 6.92 Å². The Morgan fingerprint density at radius 1 is 0.919 bits per heavy atom. The van der Waals surface area contributed by atoms with Gasteiger partial charge < -0.3 is 14.2 Å². The van der Waals surface area contributed by atoms with Crippen LogP contribution in [0.15, 0.2) is 42.5 Å². The van der Waals surface area contributed by atoms with E-state index in [0.717, 1.165) is 51.7 Å². The van der Waals surface area contributed by atoms with Crippen LogP contribution in [0.4, 0.5) is 0 Å². The molecule has 0 aliphatic carbocycles. The number of hydrogen-bond acceptors (Lipinski definition) is 6. The van der Waals surface area contributed by atoms with Crippen molar-refractivity contribution in [1.29, 1.82) is 0 Å². The highest BCUT2D eigenvalue weighted by Gasteiger charge is 2.22. The zero-order valence-corrected chi connectivity index (χ0v) is 23.2. The molecule has 37 heavy (non-hydrogen) atoms. The molecule has 0 amide bonds. The monoisotopic (exact) mass is 509 g/mol. The lowest BCUT2D eigenvalue weighted by atomic mass is 10.0. The highest BCUT2D eigenvalue weighted by Crippen LogP contribution is 2.31. The van der Waals surface area contributed by atoms with Crippen LogP contribution in [-0.2, 0) is 16.1 Å². The summed E-state index contributed by atoms with van der Waals surface area (Å²) in [5.41, 5.74) is 2.80. The molecule has 1 heterocycles. The van der Waals surface area contributed by atoms with Gasteiger partial charge in [0.2, 0.25) is 0 Å². The predicted octanol–water partition coefficient (Wildman–Crippen LogP) is 6.52. The molecular formula is C31H43NO5. The van der Waals surface area contributed by atoms with E-state index >= 15 is 0 Å². The highest BCUT2D eigenvalue weighted by atomic mass is 16.6. The molecule has 0 bridgehead atoms. The Morgan fingerprint density at radius 2 is 1.59 bits per heavy atom. The van der Waals surface area contributed by atoms with Crippen LogP contribution in [0.3, 0.4) is 0 Å². The van der Waals surface area contributed by atoms with Crippen molar-refractivity contribution in [2.24, 2.45) is 0 Å². The van der Waals surface area contributed by atoms with Crippen molar-refractivity contribution in [3.8, 4) is 11.5 Å². The molecule has 6 heteroatoms. The SMILES string of the molecule is COc1cc(C(=O)CCCCCC(=O)OC(C)(C)C)ccc1OC1CCN(Cc2ccc(C)cc2)CC1. The second-order valence-electron chi connectivity index (χ2n) is 11.0. The maximum atomic E-state index is 12.7. The second-order valence-corrected chi connectivity index (χ2v) is 11.0. The summed E-state index contributed by atoms with van der Waals surface area (Å²) in [4.78, 5) is 27.0. The average Bonchev–Trinajstić information content (AvgIpc) is 2.85. The number of ketones is 1. The summed E-state index contributed by atoms with van der Waals surface area (Å²) in [7, 11) is 1.61. The van der Waals surface area contributed by atoms with Gasteiger partial charge in [-0.15, -0.1) is 0 Å². The lowest BCUT2D eigenvalue weighted by Gasteiger charge is -2.32. The third-order valence-electron chi connectivity index (χ3n) is 6.55. The topological polar surface area (TPSA) is 65.1 Å². The summed E-state index contributed by atoms with van der Waals surface area (Å²) < 4.78 is 17.2. The van der Waals surface area contributed by atoms with Gasteiger partial charge in [0, 0.05) is 38.0 Å². The van der Waals surface area contributed by atoms with E-state index in [1.54, 1.807) is 13.2 Å². The first kappa shape index (κ1) is 28.7. The molecule has 0 radical (unpaired) electrons. The number of benzene rings is 2. The Balaban J connectivity index is 1.42. The number of unbranched alkanes of at least 4 members (excludes halogenated alkanes) is 2. The molecule has 0 aromatic heterocycles. The van der Waals surface area contributed by atoms with Crippen LogP contribution in [0.1, 0.15) is 87.2 Å². The summed E-state index contributed by atoms with van der Waals surface area (Å²) in [6, 6.07) is 14.2. The van der Waals surface area contributed by atoms with E-state index in [4.69, 9.17) is 14.2 Å². The highest BCUT2D eigenvalue weighted by molar-refractivity contribution is 5.96. The predicted molar refractivity (Wildman–Crippen MR) is 146 cm³/mol. The molecule has 0 spiro atoms. The molecule has 1 fully saturated rings. The minimum atomic E-state index is -0.457. The molecule has 1 aliphatic heterocycles. The van der Waals surface area contributed by atoms with Crippen molar-refractivity contribution in [3.63, 3.8) is 0 Å². The number of ether oxygens (including phenoxy) is 3. The average molecular weight is 510 g/mol. The number of rotatable bonds is 12. The van der Waals surface area contributed by atoms with Gasteiger partial charge in [0.15, 0.2) is 17.3 Å². The van der Waals surface area contributed by atoms with Gasteiger partial charge in [-0.1, -0.05) is 36.2 Å². The Labute approximate surface area is 222 Å². The van der Waals surface area contributed by atoms with Gasteiger partial charge in [-0.2, -0.15) is 0 Å². The smallest absolute Gasteiger partial charge is 0.306 e. The molecule has 0 N–H and O–H groups in total. The zero-order chi connectivity index (χ0) is 26.8. The van der Waals surface area contributed by atoms with Gasteiger partial charge in [-0.3, -0.25) is 14.5 Å². The Bertz CT molecular complexity index is 1020. The van der Waals surface area contributed by atoms with Crippen molar-refractivity contribution in [2.45, 2.75) is 90.9 Å². The van der Waals surface area contributed by atoms with Crippen LogP contribution in [0.2, 0.25) is 0 Å². The lowest BCUT2D eigenvalue weighted by molar-refractivity contribution is -0.154. The van der Waals surface area contributed by atoms with E-state index in [9.17, 15) is 9.59 Å². The maximum absolute atomic E-state index is 12.7. The van der Waals surface area contributed by atoms with E-state index in [1.807, 2.05) is 32.9 Å². The molecule has 0 unspecified atom stereocenters. The normalized spacial score (nSPS) is 14.8. The van der Waals surface area contributed by atoms with Crippen molar-refractivity contribution < 1.29 is 23.8 Å². The van der Waals surface area contributed by atoms with E-state index in [-0.39, 0.29) is 17.9 Å². The standard InChI is InChI=1S/C31H43NO5/c1-23-11-13-24(14-12-23)22-32-19-17-26(18-20-32)36-28-16-15-25(21-29(28)35-5)27(33)9-7-6-8-10-30(34)37-31(2,3)4/h11-16,21,26H,6-10,17-20,22H2,1-5H3.